The van der Waals surface area contributed by atoms with Crippen LogP contribution in [0.15, 0.2) is 60.7 Å². The molecule has 6 rings (SSSR count). The number of anilines is 2. The van der Waals surface area contributed by atoms with E-state index in [2.05, 4.69) is 10.6 Å². The summed E-state index contributed by atoms with van der Waals surface area (Å²) in [5.41, 5.74) is 11.2. The minimum atomic E-state index is -0.216. The van der Waals surface area contributed by atoms with Gasteiger partial charge < -0.3 is 30.9 Å². The Kier molecular flexibility index (Phi) is 9.11. The Hall–Kier alpha value is -4.70. The second-order valence-electron chi connectivity index (χ2n) is 12.0. The van der Waals surface area contributed by atoms with E-state index in [4.69, 9.17) is 10.5 Å². The molecule has 45 heavy (non-hydrogen) atoms. The van der Waals surface area contributed by atoms with Crippen LogP contribution in [0.2, 0.25) is 0 Å². The number of ether oxygens (including phenoxy) is 1. The van der Waals surface area contributed by atoms with Crippen molar-refractivity contribution >= 4 is 35.0 Å². The molecule has 1 aliphatic carbocycles. The van der Waals surface area contributed by atoms with E-state index in [0.717, 1.165) is 55.3 Å². The third-order valence-electron chi connectivity index (χ3n) is 8.64. The van der Waals surface area contributed by atoms with Crippen molar-refractivity contribution in [1.82, 2.24) is 9.80 Å². The average molecular weight is 610 g/mol. The van der Waals surface area contributed by atoms with Crippen LogP contribution in [0.5, 0.6) is 5.75 Å². The Morgan fingerprint density at radius 2 is 1.69 bits per heavy atom. The van der Waals surface area contributed by atoms with Crippen molar-refractivity contribution in [3.63, 3.8) is 0 Å². The molecule has 1 saturated carbocycles. The lowest BCUT2D eigenvalue weighted by Gasteiger charge is -2.24. The number of benzene rings is 3. The van der Waals surface area contributed by atoms with Gasteiger partial charge in [-0.05, 0) is 104 Å². The highest BCUT2D eigenvalue weighted by atomic mass is 16.5. The number of fused-ring (bicyclic) bond motifs is 2. The lowest BCUT2D eigenvalue weighted by atomic mass is 10.0. The smallest absolute Gasteiger partial charge is 0.262 e. The van der Waals surface area contributed by atoms with Gasteiger partial charge in [-0.25, -0.2) is 0 Å². The van der Waals surface area contributed by atoms with E-state index < -0.39 is 0 Å². The summed E-state index contributed by atoms with van der Waals surface area (Å²) in [4.78, 5) is 54.6. The summed E-state index contributed by atoms with van der Waals surface area (Å²) in [6.07, 6.45) is 5.67. The topological polar surface area (TPSA) is 134 Å². The summed E-state index contributed by atoms with van der Waals surface area (Å²) in [5, 5.41) is 5.77. The van der Waals surface area contributed by atoms with Crippen LogP contribution < -0.4 is 21.1 Å². The number of nitrogens with two attached hydrogens (primary N) is 1. The quantitative estimate of drug-likeness (QED) is 0.296. The molecule has 4 amide bonds. The van der Waals surface area contributed by atoms with Crippen molar-refractivity contribution in [2.24, 2.45) is 5.73 Å². The molecule has 0 atom stereocenters. The first kappa shape index (κ1) is 30.3. The van der Waals surface area contributed by atoms with E-state index in [1.165, 1.54) is 5.56 Å². The van der Waals surface area contributed by atoms with E-state index in [1.54, 1.807) is 30.3 Å². The van der Waals surface area contributed by atoms with Gasteiger partial charge in [0.05, 0.1) is 5.69 Å². The first-order chi connectivity index (χ1) is 21.9. The van der Waals surface area contributed by atoms with Gasteiger partial charge in [-0.1, -0.05) is 18.2 Å². The lowest BCUT2D eigenvalue weighted by Crippen LogP contribution is -2.33. The predicted octanol–water partition coefficient (Wildman–Crippen LogP) is 4.13. The van der Waals surface area contributed by atoms with Gasteiger partial charge in [0.2, 0.25) is 5.91 Å². The maximum atomic E-state index is 13.5. The number of hydrogen-bond acceptors (Lipinski definition) is 6. The molecular weight excluding hydrogens is 570 g/mol. The van der Waals surface area contributed by atoms with Crippen LogP contribution in [0.3, 0.4) is 0 Å². The summed E-state index contributed by atoms with van der Waals surface area (Å²) in [7, 11) is 0. The molecular formula is C35H39N5O5. The highest BCUT2D eigenvalue weighted by Gasteiger charge is 2.33. The molecule has 10 nitrogen and oxygen atoms in total. The molecule has 2 heterocycles. The molecule has 4 N–H and O–H groups in total. The normalized spacial score (nSPS) is 15.6. The number of rotatable bonds is 10. The van der Waals surface area contributed by atoms with E-state index in [9.17, 15) is 19.2 Å². The molecule has 0 unspecified atom stereocenters. The van der Waals surface area contributed by atoms with Crippen LogP contribution in [0.25, 0.3) is 0 Å². The molecule has 0 spiro atoms. The van der Waals surface area contributed by atoms with Crippen molar-refractivity contribution in [2.45, 2.75) is 57.5 Å². The third kappa shape index (κ3) is 7.34. The number of nitrogens with one attached hydrogen (secondary N) is 2. The molecule has 3 aliphatic rings. The van der Waals surface area contributed by atoms with Crippen LogP contribution in [-0.4, -0.2) is 65.7 Å². The molecule has 234 valence electrons. The highest BCUT2D eigenvalue weighted by molar-refractivity contribution is 6.04. The zero-order chi connectivity index (χ0) is 31.3. The molecule has 2 aliphatic heterocycles. The van der Waals surface area contributed by atoms with E-state index in [-0.39, 0.29) is 36.3 Å². The van der Waals surface area contributed by atoms with Gasteiger partial charge in [-0.3, -0.25) is 19.2 Å². The van der Waals surface area contributed by atoms with Crippen molar-refractivity contribution in [2.75, 3.05) is 36.9 Å². The Labute approximate surface area is 262 Å². The van der Waals surface area contributed by atoms with Crippen LogP contribution >= 0.6 is 0 Å². The fourth-order valence-corrected chi connectivity index (χ4v) is 5.92. The average Bonchev–Trinajstić information content (AvgIpc) is 3.91. The van der Waals surface area contributed by atoms with Crippen molar-refractivity contribution < 1.29 is 23.9 Å². The minimum Gasteiger partial charge on any atom is -0.482 e. The molecule has 3 aromatic rings. The predicted molar refractivity (Wildman–Crippen MR) is 171 cm³/mol. The zero-order valence-electron chi connectivity index (χ0n) is 25.3. The largest absolute Gasteiger partial charge is 0.482 e. The minimum absolute atomic E-state index is 0.0689. The fourth-order valence-electron chi connectivity index (χ4n) is 5.92. The number of carbonyl (C=O) groups excluding carboxylic acids is 4. The second kappa shape index (κ2) is 13.5. The zero-order valence-corrected chi connectivity index (χ0v) is 25.3. The van der Waals surface area contributed by atoms with Gasteiger partial charge in [-0.15, -0.1) is 0 Å². The molecule has 1 fully saturated rings. The summed E-state index contributed by atoms with van der Waals surface area (Å²) in [6.45, 7) is 2.34. The summed E-state index contributed by atoms with van der Waals surface area (Å²) in [5.74, 6) is 0.162. The standard InChI is InChI=1S/C35H39N5O5/c36-16-2-1-3-33(42)39-17-14-24-8-10-28(19-26(24)15-18-39)37-34(43)25-6-4-23(5-7-25)21-40(29-11-12-29)35(44)27-9-13-30-31(20-27)45-22-32(41)38-30/h4-10,13,19-20,29H,1-3,11-12,14-18,21-22,36H2,(H,37,43)(H,38,41). The summed E-state index contributed by atoms with van der Waals surface area (Å²) >= 11 is 0. The molecule has 10 heteroatoms. The van der Waals surface area contributed by atoms with Gasteiger partial charge in [-0.2, -0.15) is 0 Å². The maximum Gasteiger partial charge on any atom is 0.262 e. The third-order valence-corrected chi connectivity index (χ3v) is 8.64. The number of unbranched alkanes of at least 4 members (excludes halogenated alkanes) is 1. The first-order valence-corrected chi connectivity index (χ1v) is 15.8. The molecule has 0 aromatic heterocycles. The second-order valence-corrected chi connectivity index (χ2v) is 12.0. The van der Waals surface area contributed by atoms with E-state index >= 15 is 0 Å². The van der Waals surface area contributed by atoms with Crippen molar-refractivity contribution in [3.05, 3.63) is 88.5 Å². The first-order valence-electron chi connectivity index (χ1n) is 15.8. The van der Waals surface area contributed by atoms with Crippen LogP contribution in [0, 0.1) is 0 Å². The van der Waals surface area contributed by atoms with Gasteiger partial charge in [0, 0.05) is 48.9 Å². The van der Waals surface area contributed by atoms with Crippen LogP contribution in [-0.2, 0) is 29.0 Å². The highest BCUT2D eigenvalue weighted by Crippen LogP contribution is 2.33. The Balaban J connectivity index is 1.06. The number of hydrogen-bond donors (Lipinski definition) is 3. The fraction of sp³-hybridized carbons (Fsp3) is 0.371. The molecule has 0 saturated heterocycles. The van der Waals surface area contributed by atoms with Gasteiger partial charge in [0.25, 0.3) is 17.7 Å². The summed E-state index contributed by atoms with van der Waals surface area (Å²) < 4.78 is 5.50. The monoisotopic (exact) mass is 609 g/mol. The summed E-state index contributed by atoms with van der Waals surface area (Å²) in [6, 6.07) is 18.6. The van der Waals surface area contributed by atoms with Crippen LogP contribution in [0.1, 0.15) is 69.5 Å². The van der Waals surface area contributed by atoms with E-state index in [1.807, 2.05) is 40.1 Å². The molecule has 0 bridgehead atoms. The molecule has 3 aromatic carbocycles. The van der Waals surface area contributed by atoms with Crippen molar-refractivity contribution in [3.8, 4) is 5.75 Å². The van der Waals surface area contributed by atoms with Gasteiger partial charge in [0.15, 0.2) is 6.61 Å². The van der Waals surface area contributed by atoms with Crippen LogP contribution in [0.4, 0.5) is 11.4 Å². The Bertz CT molecular complexity index is 1600. The Morgan fingerprint density at radius 3 is 2.44 bits per heavy atom. The number of nitrogens with zero attached hydrogens (tertiary/aromatic N) is 2. The van der Waals surface area contributed by atoms with Gasteiger partial charge >= 0.3 is 0 Å². The van der Waals surface area contributed by atoms with Crippen molar-refractivity contribution in [1.29, 1.82) is 0 Å². The maximum absolute atomic E-state index is 13.5. The number of amides is 4. The van der Waals surface area contributed by atoms with E-state index in [0.29, 0.717) is 55.2 Å². The lowest BCUT2D eigenvalue weighted by molar-refractivity contribution is -0.131. The molecule has 0 radical (unpaired) electrons. The number of carbonyl (C=O) groups is 4. The van der Waals surface area contributed by atoms with Gasteiger partial charge in [0.1, 0.15) is 5.75 Å². The SMILES string of the molecule is NCCCCC(=O)N1CCc2ccc(NC(=O)c3ccc(CN(C(=O)c4ccc5c(c4)OCC(=O)N5)C4CC4)cc3)cc2CC1. The Morgan fingerprint density at radius 1 is 0.933 bits per heavy atom.